The van der Waals surface area contributed by atoms with Crippen molar-refractivity contribution >= 4 is 60.7 Å². The normalized spacial score (nSPS) is 10.3. The van der Waals surface area contributed by atoms with E-state index in [1.807, 2.05) is 0 Å². The monoisotopic (exact) mass is 430 g/mol. The van der Waals surface area contributed by atoms with E-state index in [9.17, 15) is 9.59 Å². The number of rotatable bonds is 3. The summed E-state index contributed by atoms with van der Waals surface area (Å²) in [6, 6.07) is 6.99. The number of carbonyl (C=O) groups is 2. The summed E-state index contributed by atoms with van der Waals surface area (Å²) >= 11 is 8.14. The highest BCUT2D eigenvalue weighted by molar-refractivity contribution is 9.12. The molecule has 7 heteroatoms. The van der Waals surface area contributed by atoms with Crippen LogP contribution >= 0.6 is 43.2 Å². The van der Waals surface area contributed by atoms with E-state index >= 15 is 0 Å². The fourth-order valence-corrected chi connectivity index (χ4v) is 4.63. The van der Waals surface area contributed by atoms with Crippen LogP contribution < -0.4 is 10.6 Å². The fourth-order valence-electron chi connectivity index (χ4n) is 1.84. The third kappa shape index (κ3) is 3.53. The molecule has 2 aromatic rings. The summed E-state index contributed by atoms with van der Waals surface area (Å²) < 4.78 is 1.63. The van der Waals surface area contributed by atoms with Crippen molar-refractivity contribution in [3.63, 3.8) is 0 Å². The van der Waals surface area contributed by atoms with Gasteiger partial charge in [0.1, 0.15) is 0 Å². The quantitative estimate of drug-likeness (QED) is 0.765. The summed E-state index contributed by atoms with van der Waals surface area (Å²) in [5.41, 5.74) is 2.45. The molecule has 2 rings (SSSR count). The summed E-state index contributed by atoms with van der Waals surface area (Å²) in [5.74, 6) is -0.399. The number of anilines is 1. The molecule has 0 fully saturated rings. The van der Waals surface area contributed by atoms with Gasteiger partial charge in [0.25, 0.3) is 11.8 Å². The Labute approximate surface area is 143 Å². The van der Waals surface area contributed by atoms with Crippen LogP contribution in [0.3, 0.4) is 0 Å². The maximum absolute atomic E-state index is 12.3. The summed E-state index contributed by atoms with van der Waals surface area (Å²) in [5, 5.41) is 5.42. The smallest absolute Gasteiger partial charge is 0.257 e. The zero-order chi connectivity index (χ0) is 15.6. The fraction of sp³-hybridized carbons (Fsp3) is 0.143. The maximum Gasteiger partial charge on any atom is 0.257 e. The second-order valence-electron chi connectivity index (χ2n) is 4.25. The van der Waals surface area contributed by atoms with Crippen LogP contribution in [0.2, 0.25) is 0 Å². The predicted octanol–water partition coefficient (Wildman–Crippen LogP) is 4.19. The Morgan fingerprint density at radius 2 is 1.86 bits per heavy atom. The Morgan fingerprint density at radius 3 is 2.43 bits per heavy atom. The van der Waals surface area contributed by atoms with Gasteiger partial charge in [-0.25, -0.2) is 0 Å². The second-order valence-corrected chi connectivity index (χ2v) is 8.00. The van der Waals surface area contributed by atoms with E-state index in [0.29, 0.717) is 16.8 Å². The first kappa shape index (κ1) is 16.2. The Kier molecular flexibility index (Phi) is 5.18. The van der Waals surface area contributed by atoms with Crippen LogP contribution in [-0.4, -0.2) is 18.9 Å². The van der Waals surface area contributed by atoms with Crippen LogP contribution in [0.4, 0.5) is 5.69 Å². The maximum atomic E-state index is 12.3. The molecule has 0 saturated heterocycles. The molecule has 1 aromatic heterocycles. The molecule has 0 bridgehead atoms. The molecule has 110 valence electrons. The molecule has 0 aliphatic rings. The standard InChI is InChI=1S/C14H12Br2N2O2S/c1-7-8(13(19)17-2)4-3-5-10(7)18-14(20)9-6-11(15)21-12(9)16/h3-6H,1-2H3,(H,17,19)(H,18,20). The number of benzene rings is 1. The number of halogens is 2. The van der Waals surface area contributed by atoms with Crippen molar-refractivity contribution in [3.8, 4) is 0 Å². The first-order chi connectivity index (χ1) is 9.93. The minimum Gasteiger partial charge on any atom is -0.355 e. The van der Waals surface area contributed by atoms with Gasteiger partial charge in [-0.1, -0.05) is 6.07 Å². The van der Waals surface area contributed by atoms with Crippen LogP contribution in [0.5, 0.6) is 0 Å². The molecule has 2 N–H and O–H groups in total. The molecule has 4 nitrogen and oxygen atoms in total. The first-order valence-electron chi connectivity index (χ1n) is 6.02. The minimum atomic E-state index is -0.221. The number of hydrogen-bond acceptors (Lipinski definition) is 3. The van der Waals surface area contributed by atoms with Gasteiger partial charge >= 0.3 is 0 Å². The van der Waals surface area contributed by atoms with Gasteiger partial charge in [0.05, 0.1) is 13.1 Å². The molecule has 0 aliphatic carbocycles. The molecule has 0 aliphatic heterocycles. The molecule has 0 saturated carbocycles. The van der Waals surface area contributed by atoms with Crippen LogP contribution in [-0.2, 0) is 0 Å². The molecule has 1 heterocycles. The number of thiophene rings is 1. The lowest BCUT2D eigenvalue weighted by atomic mass is 10.1. The lowest BCUT2D eigenvalue weighted by Crippen LogP contribution is -2.20. The molecule has 0 atom stereocenters. The average molecular weight is 432 g/mol. The number of amides is 2. The van der Waals surface area contributed by atoms with Crippen molar-refractivity contribution in [3.05, 3.63) is 48.5 Å². The van der Waals surface area contributed by atoms with Crippen LogP contribution in [0, 0.1) is 6.92 Å². The van der Waals surface area contributed by atoms with Crippen molar-refractivity contribution < 1.29 is 9.59 Å². The van der Waals surface area contributed by atoms with E-state index in [-0.39, 0.29) is 11.8 Å². The van der Waals surface area contributed by atoms with Gasteiger partial charge < -0.3 is 10.6 Å². The van der Waals surface area contributed by atoms with Crippen molar-refractivity contribution in [1.29, 1.82) is 0 Å². The van der Waals surface area contributed by atoms with Crippen molar-refractivity contribution in [2.75, 3.05) is 12.4 Å². The lowest BCUT2D eigenvalue weighted by Gasteiger charge is -2.11. The van der Waals surface area contributed by atoms with Crippen LogP contribution in [0.15, 0.2) is 31.8 Å². The van der Waals surface area contributed by atoms with E-state index < -0.39 is 0 Å². The van der Waals surface area contributed by atoms with E-state index in [1.165, 1.54) is 11.3 Å². The zero-order valence-corrected chi connectivity index (χ0v) is 15.3. The minimum absolute atomic E-state index is 0.178. The van der Waals surface area contributed by atoms with Crippen molar-refractivity contribution in [1.82, 2.24) is 5.32 Å². The van der Waals surface area contributed by atoms with E-state index in [2.05, 4.69) is 42.5 Å². The highest BCUT2D eigenvalue weighted by Crippen LogP contribution is 2.32. The Bertz CT molecular complexity index is 713. The SMILES string of the molecule is CNC(=O)c1cccc(NC(=O)c2cc(Br)sc2Br)c1C. The molecule has 0 spiro atoms. The average Bonchev–Trinajstić information content (AvgIpc) is 2.79. The Balaban J connectivity index is 2.30. The molecular weight excluding hydrogens is 420 g/mol. The molecule has 0 radical (unpaired) electrons. The van der Waals surface area contributed by atoms with Gasteiger partial charge in [0.15, 0.2) is 0 Å². The van der Waals surface area contributed by atoms with Crippen LogP contribution in [0.25, 0.3) is 0 Å². The second kappa shape index (κ2) is 6.72. The summed E-state index contributed by atoms with van der Waals surface area (Å²) in [6.45, 7) is 1.80. The molecular formula is C14H12Br2N2O2S. The number of nitrogens with one attached hydrogen (secondary N) is 2. The van der Waals surface area contributed by atoms with E-state index in [1.54, 1.807) is 38.2 Å². The van der Waals surface area contributed by atoms with Gasteiger partial charge in [0, 0.05) is 18.3 Å². The van der Waals surface area contributed by atoms with Gasteiger partial charge in [-0.15, -0.1) is 11.3 Å². The summed E-state index contributed by atoms with van der Waals surface area (Å²) in [7, 11) is 1.58. The van der Waals surface area contributed by atoms with E-state index in [4.69, 9.17) is 0 Å². The molecule has 2 amide bonds. The first-order valence-corrected chi connectivity index (χ1v) is 8.42. The lowest BCUT2D eigenvalue weighted by molar-refractivity contribution is 0.0960. The third-order valence-electron chi connectivity index (χ3n) is 2.95. The van der Waals surface area contributed by atoms with Crippen molar-refractivity contribution in [2.45, 2.75) is 6.92 Å². The van der Waals surface area contributed by atoms with Crippen molar-refractivity contribution in [2.24, 2.45) is 0 Å². The number of carbonyl (C=O) groups excluding carboxylic acids is 2. The molecule has 0 unspecified atom stereocenters. The molecule has 21 heavy (non-hydrogen) atoms. The largest absolute Gasteiger partial charge is 0.355 e. The van der Waals surface area contributed by atoms with Gasteiger partial charge in [-0.2, -0.15) is 0 Å². The predicted molar refractivity (Wildman–Crippen MR) is 92.2 cm³/mol. The van der Waals surface area contributed by atoms with Gasteiger partial charge in [0.2, 0.25) is 0 Å². The topological polar surface area (TPSA) is 58.2 Å². The van der Waals surface area contributed by atoms with E-state index in [0.717, 1.165) is 13.1 Å². The van der Waals surface area contributed by atoms with Gasteiger partial charge in [-0.05, 0) is 62.5 Å². The number of hydrogen-bond donors (Lipinski definition) is 2. The highest BCUT2D eigenvalue weighted by Gasteiger charge is 2.16. The van der Waals surface area contributed by atoms with Crippen LogP contribution in [0.1, 0.15) is 26.3 Å². The summed E-state index contributed by atoms with van der Waals surface area (Å²) in [6.07, 6.45) is 0. The summed E-state index contributed by atoms with van der Waals surface area (Å²) in [4.78, 5) is 24.1. The van der Waals surface area contributed by atoms with Gasteiger partial charge in [-0.3, -0.25) is 9.59 Å². The zero-order valence-electron chi connectivity index (χ0n) is 11.3. The third-order valence-corrected chi connectivity index (χ3v) is 5.29. The molecule has 1 aromatic carbocycles. The Hall–Kier alpha value is -1.18. The highest BCUT2D eigenvalue weighted by atomic mass is 79.9. The Morgan fingerprint density at radius 1 is 1.14 bits per heavy atom.